The fourth-order valence-electron chi connectivity index (χ4n) is 2.56. The normalized spacial score (nSPS) is 28.4. The second kappa shape index (κ2) is 6.37. The van der Waals surface area contributed by atoms with Gasteiger partial charge in [-0.05, 0) is 37.3 Å². The number of hydrogen-bond acceptors (Lipinski definition) is 3. The Hall–Kier alpha value is -1.24. The van der Waals surface area contributed by atoms with Crippen molar-refractivity contribution in [2.45, 2.75) is 44.6 Å². The van der Waals surface area contributed by atoms with Gasteiger partial charge in [0.15, 0.2) is 0 Å². The molecule has 0 aromatic rings. The van der Waals surface area contributed by atoms with Crippen LogP contribution in [0.3, 0.4) is 0 Å². The first-order valence-corrected chi connectivity index (χ1v) is 5.96. The monoisotopic (exact) mass is 221 g/mol. The van der Waals surface area contributed by atoms with Crippen LogP contribution in [0.1, 0.15) is 39.0 Å². The third kappa shape index (κ3) is 2.88. The molecule has 1 fully saturated rings. The molecule has 5 nitrogen and oxygen atoms in total. The lowest BCUT2D eigenvalue weighted by molar-refractivity contribution is 0.309. The first-order valence-electron chi connectivity index (χ1n) is 5.96. The summed E-state index contributed by atoms with van der Waals surface area (Å²) in [5.41, 5.74) is 7.81. The van der Waals surface area contributed by atoms with Gasteiger partial charge < -0.3 is 0 Å². The van der Waals surface area contributed by atoms with Crippen molar-refractivity contribution in [2.24, 2.45) is 11.0 Å². The molecule has 1 aliphatic rings. The fraction of sp³-hybridized carbons (Fsp3) is 0.909. The van der Waals surface area contributed by atoms with Gasteiger partial charge in [0, 0.05) is 11.5 Å². The fourth-order valence-corrected chi connectivity index (χ4v) is 2.56. The molecule has 0 heterocycles. The molecule has 1 rings (SSSR count). The largest absolute Gasteiger partial charge is 0.299 e. The lowest BCUT2D eigenvalue weighted by Gasteiger charge is -2.29. The molecule has 0 spiro atoms. The molecule has 0 amide bonds. The molecule has 2 unspecified atom stereocenters. The van der Waals surface area contributed by atoms with Crippen molar-refractivity contribution in [3.8, 4) is 6.07 Å². The van der Waals surface area contributed by atoms with Crippen LogP contribution in [-0.4, -0.2) is 18.6 Å². The minimum absolute atomic E-state index is 0.328. The van der Waals surface area contributed by atoms with Gasteiger partial charge in [0.2, 0.25) is 0 Å². The van der Waals surface area contributed by atoms with Crippen molar-refractivity contribution in [1.29, 1.82) is 5.26 Å². The molecule has 0 aliphatic heterocycles. The van der Waals surface area contributed by atoms with Crippen LogP contribution in [-0.2, 0) is 0 Å². The van der Waals surface area contributed by atoms with E-state index in [4.69, 9.17) is 5.53 Å². The molecule has 1 saturated carbocycles. The molecule has 0 saturated heterocycles. The molecule has 0 bridgehead atoms. The second-order valence-corrected chi connectivity index (χ2v) is 4.32. The number of hydrogen-bond donors (Lipinski definition) is 1. The Kier molecular flexibility index (Phi) is 5.10. The van der Waals surface area contributed by atoms with Crippen LogP contribution in [0.15, 0.2) is 5.11 Å². The van der Waals surface area contributed by atoms with Crippen molar-refractivity contribution in [3.63, 3.8) is 0 Å². The van der Waals surface area contributed by atoms with Crippen LogP contribution < -0.4 is 5.32 Å². The first kappa shape index (κ1) is 12.8. The number of azide groups is 1. The smallest absolute Gasteiger partial charge is 0.109 e. The quantitative estimate of drug-likeness (QED) is 0.323. The van der Waals surface area contributed by atoms with Crippen LogP contribution in [0.2, 0.25) is 0 Å². The van der Waals surface area contributed by atoms with Gasteiger partial charge in [-0.2, -0.15) is 5.26 Å². The standard InChI is InChI=1S/C11H19N5/c1-2-10-5-3-6-11(10,9-12)14-7-4-8-15-16-13/h10,14H,2-8H2,1H3. The summed E-state index contributed by atoms with van der Waals surface area (Å²) in [6, 6.07) is 2.45. The van der Waals surface area contributed by atoms with Gasteiger partial charge in [0.1, 0.15) is 5.54 Å². The maximum atomic E-state index is 9.33. The maximum absolute atomic E-state index is 9.33. The van der Waals surface area contributed by atoms with E-state index < -0.39 is 0 Å². The van der Waals surface area contributed by atoms with E-state index in [0.717, 1.165) is 38.6 Å². The summed E-state index contributed by atoms with van der Waals surface area (Å²) in [4.78, 5) is 2.71. The highest BCUT2D eigenvalue weighted by molar-refractivity contribution is 5.13. The van der Waals surface area contributed by atoms with Crippen LogP contribution in [0.4, 0.5) is 0 Å². The average Bonchev–Trinajstić information content (AvgIpc) is 2.72. The predicted octanol–water partition coefficient (Wildman–Crippen LogP) is 2.75. The molecule has 0 radical (unpaired) electrons. The molecule has 0 aromatic heterocycles. The van der Waals surface area contributed by atoms with Gasteiger partial charge >= 0.3 is 0 Å². The molecule has 5 heteroatoms. The van der Waals surface area contributed by atoms with Crippen molar-refractivity contribution >= 4 is 0 Å². The first-order chi connectivity index (χ1) is 7.79. The summed E-state index contributed by atoms with van der Waals surface area (Å²) in [6.07, 6.45) is 5.08. The second-order valence-electron chi connectivity index (χ2n) is 4.32. The van der Waals surface area contributed by atoms with Crippen LogP contribution in [0.25, 0.3) is 10.4 Å². The molecular formula is C11H19N5. The maximum Gasteiger partial charge on any atom is 0.109 e. The number of nitriles is 1. The summed E-state index contributed by atoms with van der Waals surface area (Å²) >= 11 is 0. The summed E-state index contributed by atoms with van der Waals surface area (Å²) in [5, 5.41) is 16.2. The zero-order valence-corrected chi connectivity index (χ0v) is 9.82. The van der Waals surface area contributed by atoms with Gasteiger partial charge in [0.05, 0.1) is 6.07 Å². The van der Waals surface area contributed by atoms with E-state index in [1.54, 1.807) is 0 Å². The van der Waals surface area contributed by atoms with Crippen molar-refractivity contribution in [2.75, 3.05) is 13.1 Å². The number of rotatable bonds is 6. The van der Waals surface area contributed by atoms with E-state index in [0.29, 0.717) is 12.5 Å². The van der Waals surface area contributed by atoms with Gasteiger partial charge in [-0.1, -0.05) is 24.9 Å². The van der Waals surface area contributed by atoms with Gasteiger partial charge in [-0.15, -0.1) is 0 Å². The van der Waals surface area contributed by atoms with Crippen molar-refractivity contribution < 1.29 is 0 Å². The Bertz CT molecular complexity index is 302. The Morgan fingerprint density at radius 1 is 1.69 bits per heavy atom. The number of nitrogens with zero attached hydrogens (tertiary/aromatic N) is 4. The van der Waals surface area contributed by atoms with E-state index in [1.165, 1.54) is 0 Å². The minimum atomic E-state index is -0.328. The van der Waals surface area contributed by atoms with Crippen molar-refractivity contribution in [3.05, 3.63) is 10.4 Å². The Morgan fingerprint density at radius 2 is 2.50 bits per heavy atom. The highest BCUT2D eigenvalue weighted by Gasteiger charge is 2.41. The lowest BCUT2D eigenvalue weighted by Crippen LogP contribution is -2.47. The summed E-state index contributed by atoms with van der Waals surface area (Å²) < 4.78 is 0. The molecule has 16 heavy (non-hydrogen) atoms. The Balaban J connectivity index is 2.42. The third-order valence-corrected chi connectivity index (χ3v) is 3.45. The highest BCUT2D eigenvalue weighted by atomic mass is 15.1. The molecule has 2 atom stereocenters. The van der Waals surface area contributed by atoms with E-state index in [-0.39, 0.29) is 5.54 Å². The number of nitrogens with one attached hydrogen (secondary N) is 1. The third-order valence-electron chi connectivity index (χ3n) is 3.45. The molecule has 88 valence electrons. The van der Waals surface area contributed by atoms with E-state index in [9.17, 15) is 5.26 Å². The molecule has 0 aromatic carbocycles. The van der Waals surface area contributed by atoms with Gasteiger partial charge in [-0.3, -0.25) is 5.32 Å². The van der Waals surface area contributed by atoms with Crippen LogP contribution >= 0.6 is 0 Å². The molecular weight excluding hydrogens is 202 g/mol. The van der Waals surface area contributed by atoms with Crippen LogP contribution in [0, 0.1) is 17.2 Å². The van der Waals surface area contributed by atoms with Gasteiger partial charge in [-0.25, -0.2) is 0 Å². The highest BCUT2D eigenvalue weighted by Crippen LogP contribution is 2.37. The predicted molar refractivity (Wildman–Crippen MR) is 62.6 cm³/mol. The summed E-state index contributed by atoms with van der Waals surface area (Å²) in [7, 11) is 0. The minimum Gasteiger partial charge on any atom is -0.299 e. The topological polar surface area (TPSA) is 84.6 Å². The summed E-state index contributed by atoms with van der Waals surface area (Å²) in [6.45, 7) is 3.40. The Morgan fingerprint density at radius 3 is 3.12 bits per heavy atom. The lowest BCUT2D eigenvalue weighted by atomic mass is 9.86. The van der Waals surface area contributed by atoms with Crippen LogP contribution in [0.5, 0.6) is 0 Å². The Labute approximate surface area is 96.5 Å². The van der Waals surface area contributed by atoms with Gasteiger partial charge in [0.25, 0.3) is 0 Å². The molecule has 1 N–H and O–H groups in total. The molecule has 1 aliphatic carbocycles. The zero-order valence-electron chi connectivity index (χ0n) is 9.82. The average molecular weight is 221 g/mol. The van der Waals surface area contributed by atoms with E-state index in [2.05, 4.69) is 28.3 Å². The zero-order chi connectivity index (χ0) is 11.9. The van der Waals surface area contributed by atoms with E-state index >= 15 is 0 Å². The SMILES string of the molecule is CCC1CCCC1(C#N)NCCCN=[N+]=[N-]. The summed E-state index contributed by atoms with van der Waals surface area (Å²) in [5.74, 6) is 0.469. The van der Waals surface area contributed by atoms with Crippen molar-refractivity contribution in [1.82, 2.24) is 5.32 Å². The van der Waals surface area contributed by atoms with E-state index in [1.807, 2.05) is 0 Å².